The summed E-state index contributed by atoms with van der Waals surface area (Å²) in [6.07, 6.45) is -16.5. The third-order valence-corrected chi connectivity index (χ3v) is 8.17. The van der Waals surface area contributed by atoms with Crippen molar-refractivity contribution in [3.63, 3.8) is 0 Å². The summed E-state index contributed by atoms with van der Waals surface area (Å²) in [5.74, 6) is -126. The maximum Gasteiger partial charge on any atom is 0.460 e. The molecule has 1 nitrogen and oxygen atoms in total. The summed E-state index contributed by atoms with van der Waals surface area (Å²) in [7, 11) is 0. The Hall–Kier alpha value is -3.36. The van der Waals surface area contributed by atoms with Crippen molar-refractivity contribution in [3.8, 4) is 0 Å². The van der Waals surface area contributed by atoms with Gasteiger partial charge in [-0.25, -0.2) is 0 Å². The average molecular weight is 985 g/mol. The monoisotopic (exact) mass is 985 g/mol. The van der Waals surface area contributed by atoms with Gasteiger partial charge in [0.25, 0.3) is 0 Å². The van der Waals surface area contributed by atoms with Crippen molar-refractivity contribution < 1.29 is 149 Å². The fourth-order valence-corrected chi connectivity index (χ4v) is 4.27. The van der Waals surface area contributed by atoms with E-state index in [4.69, 9.17) is 0 Å². The number of alkyl halides is 34. The Kier molecular flexibility index (Phi) is 12.6. The van der Waals surface area contributed by atoms with E-state index in [1.54, 1.807) is 0 Å². The van der Waals surface area contributed by atoms with Crippen molar-refractivity contribution in [1.82, 2.24) is 0 Å². The van der Waals surface area contributed by atoms with Gasteiger partial charge in [-0.15, -0.1) is 0 Å². The van der Waals surface area contributed by atoms with Crippen LogP contribution >= 0.6 is 0 Å². The Morgan fingerprint density at radius 3 is 0.607 bits per heavy atom. The quantitative estimate of drug-likeness (QED) is 0.146. The van der Waals surface area contributed by atoms with Gasteiger partial charge in [-0.1, -0.05) is 20.8 Å². The molecule has 0 heterocycles. The van der Waals surface area contributed by atoms with E-state index in [9.17, 15) is 132 Å². The average Bonchev–Trinajstić information content (AvgIpc) is 3.01. The predicted molar refractivity (Wildman–Crippen MR) is 129 cm³/mol. The van der Waals surface area contributed by atoms with Crippen molar-refractivity contribution in [2.75, 3.05) is 5.73 Å². The Morgan fingerprint density at radius 1 is 0.279 bits per heavy atom. The van der Waals surface area contributed by atoms with Crippen molar-refractivity contribution in [1.29, 1.82) is 0 Å². The fraction of sp³-hybridized carbons (Fsp3) is 0.769. The molecule has 0 atom stereocenters. The highest BCUT2D eigenvalue weighted by Gasteiger charge is 2.97. The second kappa shape index (κ2) is 13.8. The van der Waals surface area contributed by atoms with Crippen LogP contribution in [-0.2, 0) is 17.3 Å². The normalized spacial score (nSPS) is 16.7. The van der Waals surface area contributed by atoms with Crippen LogP contribution in [0.15, 0.2) is 12.1 Å². The van der Waals surface area contributed by atoms with Gasteiger partial charge in [0.05, 0.1) is 16.8 Å². The second-order valence-electron chi connectivity index (χ2n) is 13.3. The molecule has 0 radical (unpaired) electrons. The summed E-state index contributed by atoms with van der Waals surface area (Å²) in [5, 5.41) is 0. The molecule has 0 unspecified atom stereocenters. The van der Waals surface area contributed by atoms with Crippen molar-refractivity contribution >= 4 is 5.69 Å². The van der Waals surface area contributed by atoms with Crippen LogP contribution in [0.1, 0.15) is 37.5 Å². The lowest BCUT2D eigenvalue weighted by Gasteiger charge is -2.44. The molecule has 0 aliphatic carbocycles. The first-order valence-electron chi connectivity index (χ1n) is 14.1. The van der Waals surface area contributed by atoms with Crippen molar-refractivity contribution in [2.45, 2.75) is 121 Å². The molecule has 2 N–H and O–H groups in total. The lowest BCUT2D eigenvalue weighted by Crippen LogP contribution is -2.74. The van der Waals surface area contributed by atoms with E-state index in [0.717, 1.165) is 0 Å². The van der Waals surface area contributed by atoms with E-state index >= 15 is 17.6 Å². The van der Waals surface area contributed by atoms with Gasteiger partial charge in [-0.05, 0) is 23.1 Å². The molecule has 0 aromatic heterocycles. The molecule has 1 aromatic rings. The number of nitrogen functional groups attached to an aromatic ring is 1. The fourth-order valence-electron chi connectivity index (χ4n) is 4.27. The second-order valence-corrected chi connectivity index (χ2v) is 13.3. The van der Waals surface area contributed by atoms with Gasteiger partial charge >= 0.3 is 95.3 Å². The molecule has 0 spiro atoms. The summed E-state index contributed by atoms with van der Waals surface area (Å²) in [5.41, 5.74) is -12.4. The van der Waals surface area contributed by atoms with Gasteiger partial charge in [0.2, 0.25) is 0 Å². The molecule has 35 heteroatoms. The number of anilines is 1. The molecular formula is C26H13F34N. The zero-order valence-electron chi connectivity index (χ0n) is 28.1. The Labute approximate surface area is 312 Å². The molecule has 0 saturated heterocycles. The maximum atomic E-state index is 15.2. The summed E-state index contributed by atoms with van der Waals surface area (Å²) in [6, 6.07) is -2.44. The Balaban J connectivity index is 4.43. The minimum atomic E-state index is -9.41. The van der Waals surface area contributed by atoms with E-state index in [2.05, 4.69) is 5.73 Å². The van der Waals surface area contributed by atoms with Crippen molar-refractivity contribution in [3.05, 3.63) is 28.8 Å². The van der Waals surface area contributed by atoms with Gasteiger partial charge in [0.1, 0.15) is 0 Å². The minimum Gasteiger partial charge on any atom is -0.398 e. The number of nitrogens with two attached hydrogens (primary N) is 1. The van der Waals surface area contributed by atoms with Crippen LogP contribution in [0.25, 0.3) is 0 Å². The van der Waals surface area contributed by atoms with Gasteiger partial charge in [0, 0.05) is 0 Å². The largest absolute Gasteiger partial charge is 0.460 e. The molecule has 0 bridgehead atoms. The number of hydrogen-bond acceptors (Lipinski definition) is 1. The topological polar surface area (TPSA) is 26.0 Å². The van der Waals surface area contributed by atoms with E-state index in [0.29, 0.717) is 0 Å². The van der Waals surface area contributed by atoms with E-state index in [1.165, 1.54) is 0 Å². The molecular weight excluding hydrogens is 972 g/mol. The Morgan fingerprint density at radius 2 is 0.443 bits per heavy atom. The first-order chi connectivity index (χ1) is 25.7. The molecule has 360 valence electrons. The van der Waals surface area contributed by atoms with Crippen LogP contribution in [0.4, 0.5) is 155 Å². The number of halogens is 34. The molecule has 0 saturated carbocycles. The van der Waals surface area contributed by atoms with Gasteiger partial charge in [0.15, 0.2) is 0 Å². The highest BCUT2D eigenvalue weighted by atomic mass is 19.4. The first kappa shape index (κ1) is 55.7. The summed E-state index contributed by atoms with van der Waals surface area (Å²) in [6.45, 7) is 0.866. The van der Waals surface area contributed by atoms with Crippen LogP contribution in [0, 0.1) is 0 Å². The van der Waals surface area contributed by atoms with Crippen LogP contribution in [-0.4, -0.2) is 83.4 Å². The summed E-state index contributed by atoms with van der Waals surface area (Å²) >= 11 is 0. The molecule has 0 amide bonds. The minimum absolute atomic E-state index is 0.289. The van der Waals surface area contributed by atoms with Gasteiger partial charge in [-0.2, -0.15) is 149 Å². The summed E-state index contributed by atoms with van der Waals surface area (Å²) < 4.78 is 470. The highest BCUT2D eigenvalue weighted by Crippen LogP contribution is 2.68. The SMILES string of the molecule is CC(C)(C)c1cc(C(F)(F)C(F)(F)C(F)(F)C(F)(F)C(F)(F)C(F)(F)C(F)(F)C(F)(F)F)c(N)c(C(F)(F)C(F)(F)C(F)(F)C(F)(F)C(F)(F)C(F)(F)C(F)(F)C(F)(F)F)c1. The third-order valence-electron chi connectivity index (χ3n) is 8.17. The lowest BCUT2D eigenvalue weighted by atomic mass is 9.79. The first-order valence-corrected chi connectivity index (χ1v) is 14.1. The van der Waals surface area contributed by atoms with E-state index in [1.807, 2.05) is 0 Å². The number of rotatable bonds is 14. The standard InChI is InChI=1S/C26H13F34N/c1-10(2,3)6-4-7(11(27,28)13(31,32)15(35,36)17(39,40)19(43,44)21(47,48)23(51,52)25(55,56)57)9(61)8(5-6)12(29,30)14(33,34)16(37,38)18(41,42)20(45,46)22(49,50)24(53,54)26(58,59)60/h4-5H,61H2,1-3H3. The maximum absolute atomic E-state index is 15.2. The van der Waals surface area contributed by atoms with E-state index in [-0.39, 0.29) is 20.8 Å². The smallest absolute Gasteiger partial charge is 0.398 e. The third kappa shape index (κ3) is 6.89. The van der Waals surface area contributed by atoms with Gasteiger partial charge < -0.3 is 5.73 Å². The van der Waals surface area contributed by atoms with Crippen LogP contribution in [0.3, 0.4) is 0 Å². The molecule has 0 aliphatic heterocycles. The predicted octanol–water partition coefficient (Wildman–Crippen LogP) is 13.5. The summed E-state index contributed by atoms with van der Waals surface area (Å²) in [4.78, 5) is 0. The van der Waals surface area contributed by atoms with E-state index < -0.39 is 135 Å². The number of hydrogen-bond donors (Lipinski definition) is 1. The van der Waals surface area contributed by atoms with Gasteiger partial charge in [-0.3, -0.25) is 0 Å². The Bertz CT molecular complexity index is 1660. The lowest BCUT2D eigenvalue weighted by molar-refractivity contribution is -0.463. The molecule has 1 aromatic carbocycles. The zero-order valence-corrected chi connectivity index (χ0v) is 28.1. The molecule has 61 heavy (non-hydrogen) atoms. The molecule has 0 aliphatic rings. The van der Waals surface area contributed by atoms with Crippen LogP contribution < -0.4 is 5.73 Å². The highest BCUT2D eigenvalue weighted by molar-refractivity contribution is 5.61. The zero-order chi connectivity index (χ0) is 50.2. The molecule has 1 rings (SSSR count). The number of benzene rings is 1. The van der Waals surface area contributed by atoms with Crippen LogP contribution in [0.2, 0.25) is 0 Å². The van der Waals surface area contributed by atoms with Crippen LogP contribution in [0.5, 0.6) is 0 Å². The molecule has 0 fully saturated rings. The van der Waals surface area contributed by atoms with Crippen molar-refractivity contribution in [2.24, 2.45) is 0 Å².